The maximum atomic E-state index is 11.5. The van der Waals surface area contributed by atoms with Crippen LogP contribution in [0.4, 0.5) is 5.69 Å². The summed E-state index contributed by atoms with van der Waals surface area (Å²) in [6, 6.07) is 4.39. The van der Waals surface area contributed by atoms with Gasteiger partial charge in [-0.3, -0.25) is 0 Å². The molecule has 0 bridgehead atoms. The number of benzene rings is 1. The highest BCUT2D eigenvalue weighted by molar-refractivity contribution is 5.90. The Labute approximate surface area is 116 Å². The fourth-order valence-corrected chi connectivity index (χ4v) is 3.60. The van der Waals surface area contributed by atoms with Gasteiger partial charge in [-0.1, -0.05) is 18.9 Å². The van der Waals surface area contributed by atoms with Crippen molar-refractivity contribution in [1.82, 2.24) is 0 Å². The largest absolute Gasteiger partial charge is 0.480 e. The molecule has 1 saturated carbocycles. The number of nitrogens with one attached hydrogen (secondary N) is 1. The van der Waals surface area contributed by atoms with Crippen molar-refractivity contribution in [3.05, 3.63) is 29.3 Å². The molecule has 106 valence electrons. The van der Waals surface area contributed by atoms with Crippen LogP contribution >= 0.6 is 0 Å². The van der Waals surface area contributed by atoms with Gasteiger partial charge in [-0.15, -0.1) is 0 Å². The van der Waals surface area contributed by atoms with Crippen LogP contribution < -0.4 is 5.32 Å². The monoisotopic (exact) mass is 275 g/mol. The molecule has 1 aliphatic carbocycles. The SMILES string of the molecule is O=C(O)c1ccc2c(c1)NC(C(=O)O)C1CCCCC21. The summed E-state index contributed by atoms with van der Waals surface area (Å²) in [5.41, 5.74) is 1.92. The van der Waals surface area contributed by atoms with Crippen LogP contribution in [-0.2, 0) is 4.79 Å². The Hall–Kier alpha value is -2.04. The van der Waals surface area contributed by atoms with E-state index in [4.69, 9.17) is 5.11 Å². The van der Waals surface area contributed by atoms with E-state index in [0.717, 1.165) is 31.2 Å². The molecule has 20 heavy (non-hydrogen) atoms. The average Bonchev–Trinajstić information content (AvgIpc) is 2.45. The Balaban J connectivity index is 2.04. The van der Waals surface area contributed by atoms with Crippen molar-refractivity contribution in [3.63, 3.8) is 0 Å². The first-order valence-electron chi connectivity index (χ1n) is 6.94. The van der Waals surface area contributed by atoms with Crippen molar-refractivity contribution >= 4 is 17.6 Å². The van der Waals surface area contributed by atoms with Crippen LogP contribution in [0.2, 0.25) is 0 Å². The van der Waals surface area contributed by atoms with Gasteiger partial charge in [0.25, 0.3) is 0 Å². The lowest BCUT2D eigenvalue weighted by atomic mass is 9.69. The van der Waals surface area contributed by atoms with E-state index in [9.17, 15) is 14.7 Å². The van der Waals surface area contributed by atoms with Crippen molar-refractivity contribution in [2.24, 2.45) is 5.92 Å². The van der Waals surface area contributed by atoms with Crippen molar-refractivity contribution in [3.8, 4) is 0 Å². The van der Waals surface area contributed by atoms with E-state index < -0.39 is 18.0 Å². The van der Waals surface area contributed by atoms with Gasteiger partial charge in [-0.05, 0) is 42.4 Å². The number of aliphatic carboxylic acids is 1. The number of hydrogen-bond acceptors (Lipinski definition) is 3. The summed E-state index contributed by atoms with van der Waals surface area (Å²) >= 11 is 0. The zero-order valence-electron chi connectivity index (χ0n) is 11.0. The first kappa shape index (κ1) is 13.0. The minimum Gasteiger partial charge on any atom is -0.480 e. The highest BCUT2D eigenvalue weighted by atomic mass is 16.4. The standard InChI is InChI=1S/C15H17NO4/c17-14(18)8-5-6-10-9-3-1-2-4-11(9)13(15(19)20)16-12(10)7-8/h5-7,9,11,13,16H,1-4H2,(H,17,18)(H,19,20). The van der Waals surface area contributed by atoms with Crippen LogP contribution in [0.5, 0.6) is 0 Å². The Kier molecular flexibility index (Phi) is 3.12. The summed E-state index contributed by atoms with van der Waals surface area (Å²) in [4.78, 5) is 22.5. The molecule has 5 nitrogen and oxygen atoms in total. The number of carboxylic acid groups (broad SMARTS) is 2. The van der Waals surface area contributed by atoms with Crippen molar-refractivity contribution in [1.29, 1.82) is 0 Å². The molecular formula is C15H17NO4. The maximum Gasteiger partial charge on any atom is 0.335 e. The zero-order chi connectivity index (χ0) is 14.3. The van der Waals surface area contributed by atoms with Gasteiger partial charge in [0.1, 0.15) is 6.04 Å². The smallest absolute Gasteiger partial charge is 0.335 e. The van der Waals surface area contributed by atoms with Crippen LogP contribution in [0.25, 0.3) is 0 Å². The number of anilines is 1. The molecule has 1 heterocycles. The van der Waals surface area contributed by atoms with Crippen LogP contribution in [0, 0.1) is 5.92 Å². The predicted octanol–water partition coefficient (Wildman–Crippen LogP) is 2.54. The topological polar surface area (TPSA) is 86.6 Å². The molecule has 0 aromatic heterocycles. The lowest BCUT2D eigenvalue weighted by molar-refractivity contribution is -0.139. The number of rotatable bonds is 2. The third kappa shape index (κ3) is 2.03. The molecule has 3 N–H and O–H groups in total. The van der Waals surface area contributed by atoms with Gasteiger partial charge in [0.05, 0.1) is 5.56 Å². The number of carboxylic acids is 2. The first-order valence-corrected chi connectivity index (χ1v) is 6.94. The quantitative estimate of drug-likeness (QED) is 0.772. The Morgan fingerprint density at radius 3 is 2.60 bits per heavy atom. The number of fused-ring (bicyclic) bond motifs is 3. The normalized spacial score (nSPS) is 27.9. The van der Waals surface area contributed by atoms with Crippen LogP contribution in [0.15, 0.2) is 18.2 Å². The summed E-state index contributed by atoms with van der Waals surface area (Å²) in [5.74, 6) is -1.52. The molecule has 0 radical (unpaired) electrons. The predicted molar refractivity (Wildman–Crippen MR) is 73.1 cm³/mol. The van der Waals surface area contributed by atoms with Crippen LogP contribution in [-0.4, -0.2) is 28.2 Å². The summed E-state index contributed by atoms with van der Waals surface area (Å²) in [7, 11) is 0. The maximum absolute atomic E-state index is 11.5. The third-order valence-electron chi connectivity index (χ3n) is 4.52. The summed E-state index contributed by atoms with van der Waals surface area (Å²) in [5, 5.41) is 21.5. The van der Waals surface area contributed by atoms with E-state index in [-0.39, 0.29) is 17.4 Å². The molecule has 5 heteroatoms. The molecular weight excluding hydrogens is 258 g/mol. The minimum absolute atomic E-state index is 0.101. The first-order chi connectivity index (χ1) is 9.58. The number of aromatic carboxylic acids is 1. The van der Waals surface area contributed by atoms with E-state index in [1.807, 2.05) is 6.07 Å². The molecule has 0 saturated heterocycles. The average molecular weight is 275 g/mol. The second kappa shape index (κ2) is 4.81. The van der Waals surface area contributed by atoms with Gasteiger partial charge < -0.3 is 15.5 Å². The van der Waals surface area contributed by atoms with Gasteiger partial charge in [0, 0.05) is 5.69 Å². The molecule has 1 fully saturated rings. The zero-order valence-corrected chi connectivity index (χ0v) is 11.0. The molecule has 1 aromatic rings. The lowest BCUT2D eigenvalue weighted by Crippen LogP contribution is -2.44. The second-order valence-electron chi connectivity index (χ2n) is 5.62. The fourth-order valence-electron chi connectivity index (χ4n) is 3.60. The second-order valence-corrected chi connectivity index (χ2v) is 5.62. The Bertz CT molecular complexity index is 569. The van der Waals surface area contributed by atoms with Crippen molar-refractivity contribution in [2.45, 2.75) is 37.6 Å². The van der Waals surface area contributed by atoms with E-state index >= 15 is 0 Å². The van der Waals surface area contributed by atoms with Gasteiger partial charge >= 0.3 is 11.9 Å². The van der Waals surface area contributed by atoms with Gasteiger partial charge in [-0.25, -0.2) is 9.59 Å². The van der Waals surface area contributed by atoms with Crippen LogP contribution in [0.3, 0.4) is 0 Å². The molecule has 3 atom stereocenters. The van der Waals surface area contributed by atoms with Gasteiger partial charge in [0.15, 0.2) is 0 Å². The van der Waals surface area contributed by atoms with Crippen molar-refractivity contribution in [2.75, 3.05) is 5.32 Å². The molecule has 1 aliphatic heterocycles. The van der Waals surface area contributed by atoms with E-state index in [1.54, 1.807) is 12.1 Å². The molecule has 0 spiro atoms. The summed E-state index contributed by atoms with van der Waals surface area (Å²) in [6.45, 7) is 0. The molecule has 3 unspecified atom stereocenters. The molecule has 2 aliphatic rings. The highest BCUT2D eigenvalue weighted by Crippen LogP contribution is 2.46. The van der Waals surface area contributed by atoms with Crippen molar-refractivity contribution < 1.29 is 19.8 Å². The summed E-state index contributed by atoms with van der Waals surface area (Å²) in [6.07, 6.45) is 4.06. The summed E-state index contributed by atoms with van der Waals surface area (Å²) < 4.78 is 0. The van der Waals surface area contributed by atoms with E-state index in [0.29, 0.717) is 5.69 Å². The molecule has 3 rings (SSSR count). The van der Waals surface area contributed by atoms with Gasteiger partial charge in [-0.2, -0.15) is 0 Å². The number of carbonyl (C=O) groups is 2. The fraction of sp³-hybridized carbons (Fsp3) is 0.467. The number of hydrogen-bond donors (Lipinski definition) is 3. The third-order valence-corrected chi connectivity index (χ3v) is 4.52. The lowest BCUT2D eigenvalue weighted by Gasteiger charge is -2.41. The minimum atomic E-state index is -0.993. The van der Waals surface area contributed by atoms with E-state index in [2.05, 4.69) is 5.32 Å². The molecule has 0 amide bonds. The van der Waals surface area contributed by atoms with E-state index in [1.165, 1.54) is 0 Å². The Morgan fingerprint density at radius 2 is 1.90 bits per heavy atom. The highest BCUT2D eigenvalue weighted by Gasteiger charge is 2.41. The molecule has 1 aromatic carbocycles. The van der Waals surface area contributed by atoms with Gasteiger partial charge in [0.2, 0.25) is 0 Å². The Morgan fingerprint density at radius 1 is 1.15 bits per heavy atom. The van der Waals surface area contributed by atoms with Crippen LogP contribution in [0.1, 0.15) is 47.5 Å².